The molecule has 0 bridgehead atoms. The maximum Gasteiger partial charge on any atom is 0.270 e. The number of rotatable bonds is 3. The molecule has 2 amide bonds. The topological polar surface area (TPSA) is 65.9 Å². The van der Waals surface area contributed by atoms with E-state index in [0.717, 1.165) is 24.4 Å². The zero-order valence-corrected chi connectivity index (χ0v) is 13.5. The molecule has 3 rings (SSSR count). The lowest BCUT2D eigenvalue weighted by Crippen LogP contribution is -2.45. The number of thiazole rings is 1. The molecule has 0 spiro atoms. The van der Waals surface area contributed by atoms with E-state index in [4.69, 9.17) is 0 Å². The van der Waals surface area contributed by atoms with Crippen molar-refractivity contribution in [2.45, 2.75) is 38.5 Å². The summed E-state index contributed by atoms with van der Waals surface area (Å²) in [4.78, 5) is 30.6. The summed E-state index contributed by atoms with van der Waals surface area (Å²) < 4.78 is 0. The van der Waals surface area contributed by atoms with Crippen molar-refractivity contribution in [2.24, 2.45) is 5.10 Å². The van der Waals surface area contributed by atoms with E-state index in [1.54, 1.807) is 11.3 Å². The molecule has 0 aliphatic carbocycles. The highest BCUT2D eigenvalue weighted by molar-refractivity contribution is 7.09. The van der Waals surface area contributed by atoms with E-state index in [0.29, 0.717) is 37.6 Å². The monoisotopic (exact) mass is 320 g/mol. The van der Waals surface area contributed by atoms with E-state index < -0.39 is 0 Å². The van der Waals surface area contributed by atoms with Gasteiger partial charge in [-0.2, -0.15) is 5.10 Å². The second-order valence-corrected chi connectivity index (χ2v) is 6.54. The molecule has 1 unspecified atom stereocenters. The quantitative estimate of drug-likeness (QED) is 0.853. The number of carbonyl (C=O) groups excluding carboxylic acids is 2. The van der Waals surface area contributed by atoms with Crippen LogP contribution in [0.1, 0.15) is 43.5 Å². The lowest BCUT2D eigenvalue weighted by Gasteiger charge is -2.33. The van der Waals surface area contributed by atoms with E-state index in [2.05, 4.69) is 10.1 Å². The van der Waals surface area contributed by atoms with Gasteiger partial charge in [0.05, 0.1) is 5.01 Å². The van der Waals surface area contributed by atoms with Crippen molar-refractivity contribution >= 4 is 28.9 Å². The number of piperidine rings is 1. The first kappa shape index (κ1) is 15.1. The van der Waals surface area contributed by atoms with Crippen LogP contribution in [-0.2, 0) is 9.59 Å². The number of amides is 2. The van der Waals surface area contributed by atoms with Gasteiger partial charge in [-0.1, -0.05) is 0 Å². The third kappa shape index (κ3) is 3.04. The molecule has 0 radical (unpaired) electrons. The maximum atomic E-state index is 12.7. The average Bonchev–Trinajstić information content (AvgIpc) is 3.09. The third-order valence-electron chi connectivity index (χ3n) is 4.16. The smallest absolute Gasteiger partial charge is 0.270 e. The highest BCUT2D eigenvalue weighted by Gasteiger charge is 2.31. The van der Waals surface area contributed by atoms with Crippen molar-refractivity contribution in [1.82, 2.24) is 14.9 Å². The van der Waals surface area contributed by atoms with Crippen LogP contribution in [0.2, 0.25) is 0 Å². The van der Waals surface area contributed by atoms with Gasteiger partial charge in [0.2, 0.25) is 5.91 Å². The Morgan fingerprint density at radius 1 is 1.45 bits per heavy atom. The third-order valence-corrected chi connectivity index (χ3v) is 5.10. The van der Waals surface area contributed by atoms with Crippen molar-refractivity contribution in [3.63, 3.8) is 0 Å². The first-order valence-corrected chi connectivity index (χ1v) is 8.63. The minimum absolute atomic E-state index is 0.00152. The number of carbonyl (C=O) groups is 2. The lowest BCUT2D eigenvalue weighted by molar-refractivity contribution is -0.132. The number of likely N-dealkylation sites (tertiary alicyclic amines) is 1. The van der Waals surface area contributed by atoms with Crippen molar-refractivity contribution in [1.29, 1.82) is 0 Å². The van der Waals surface area contributed by atoms with Crippen LogP contribution in [0.15, 0.2) is 16.7 Å². The van der Waals surface area contributed by atoms with Crippen molar-refractivity contribution in [2.75, 3.05) is 19.6 Å². The Balaban J connectivity index is 1.70. The molecule has 1 saturated heterocycles. The molecule has 1 aromatic rings. The van der Waals surface area contributed by atoms with Gasteiger partial charge in [0.15, 0.2) is 0 Å². The van der Waals surface area contributed by atoms with Crippen LogP contribution in [0.25, 0.3) is 0 Å². The van der Waals surface area contributed by atoms with E-state index >= 15 is 0 Å². The summed E-state index contributed by atoms with van der Waals surface area (Å²) in [7, 11) is 0. The largest absolute Gasteiger partial charge is 0.337 e. The fraction of sp³-hybridized carbons (Fsp3) is 0.600. The number of hydrazone groups is 1. The summed E-state index contributed by atoms with van der Waals surface area (Å²) in [6, 6.07) is 0. The van der Waals surface area contributed by atoms with Crippen LogP contribution in [0.5, 0.6) is 0 Å². The van der Waals surface area contributed by atoms with Gasteiger partial charge in [-0.15, -0.1) is 11.3 Å². The molecule has 0 N–H and O–H groups in total. The van der Waals surface area contributed by atoms with Crippen molar-refractivity contribution in [3.05, 3.63) is 16.6 Å². The summed E-state index contributed by atoms with van der Waals surface area (Å²) >= 11 is 1.65. The number of hydrogen-bond acceptors (Lipinski definition) is 5. The predicted octanol–water partition coefficient (Wildman–Crippen LogP) is 1.85. The first-order valence-electron chi connectivity index (χ1n) is 7.75. The highest BCUT2D eigenvalue weighted by Crippen LogP contribution is 2.28. The molecule has 0 aromatic carbocycles. The van der Waals surface area contributed by atoms with Crippen LogP contribution in [0, 0.1) is 0 Å². The average molecular weight is 320 g/mol. The molecule has 2 aliphatic heterocycles. The Hall–Kier alpha value is -1.76. The maximum absolute atomic E-state index is 12.7. The molecule has 7 heteroatoms. The van der Waals surface area contributed by atoms with Crippen LogP contribution in [-0.4, -0.2) is 52.1 Å². The summed E-state index contributed by atoms with van der Waals surface area (Å²) in [5, 5.41) is 8.73. The summed E-state index contributed by atoms with van der Waals surface area (Å²) in [5.41, 5.74) is 0.515. The number of aromatic nitrogens is 1. The van der Waals surface area contributed by atoms with Crippen LogP contribution >= 0.6 is 11.3 Å². The molecule has 6 nitrogen and oxygen atoms in total. The van der Waals surface area contributed by atoms with Crippen LogP contribution < -0.4 is 0 Å². The Labute approximate surface area is 133 Å². The number of nitrogens with zero attached hydrogens (tertiary/aromatic N) is 4. The predicted molar refractivity (Wildman–Crippen MR) is 84.7 cm³/mol. The van der Waals surface area contributed by atoms with E-state index in [1.165, 1.54) is 5.01 Å². The zero-order chi connectivity index (χ0) is 15.5. The lowest BCUT2D eigenvalue weighted by atomic mass is 9.98. The normalized spacial score (nSPS) is 22.7. The van der Waals surface area contributed by atoms with E-state index in [-0.39, 0.29) is 11.8 Å². The van der Waals surface area contributed by atoms with Crippen molar-refractivity contribution < 1.29 is 9.59 Å². The SMILES string of the molecule is CCN1N=C(C(=O)N2CCCC(c3nccs3)C2)CCC1=O. The standard InChI is InChI=1S/C15H20N4O2S/c1-2-19-13(20)6-5-12(17-19)15(21)18-8-3-4-11(10-18)14-16-7-9-22-14/h7,9,11H,2-6,8,10H2,1H3. The van der Waals surface area contributed by atoms with Gasteiger partial charge in [-0.25, -0.2) is 9.99 Å². The second kappa shape index (κ2) is 6.56. The summed E-state index contributed by atoms with van der Waals surface area (Å²) in [5.74, 6) is 0.302. The summed E-state index contributed by atoms with van der Waals surface area (Å²) in [6.07, 6.45) is 4.70. The van der Waals surface area contributed by atoms with Gasteiger partial charge < -0.3 is 4.90 Å². The number of hydrogen-bond donors (Lipinski definition) is 0. The molecule has 3 heterocycles. The Morgan fingerprint density at radius 3 is 3.05 bits per heavy atom. The molecule has 1 fully saturated rings. The fourth-order valence-corrected chi connectivity index (χ4v) is 3.75. The van der Waals surface area contributed by atoms with Gasteiger partial charge in [-0.3, -0.25) is 9.59 Å². The minimum atomic E-state index is -0.0211. The minimum Gasteiger partial charge on any atom is -0.337 e. The van der Waals surface area contributed by atoms with E-state index in [9.17, 15) is 9.59 Å². The Morgan fingerprint density at radius 2 is 2.32 bits per heavy atom. The van der Waals surface area contributed by atoms with Crippen molar-refractivity contribution in [3.8, 4) is 0 Å². The summed E-state index contributed by atoms with van der Waals surface area (Å²) in [6.45, 7) is 3.84. The van der Waals surface area contributed by atoms with Gasteiger partial charge in [-0.05, 0) is 19.8 Å². The molecule has 2 aliphatic rings. The molecule has 1 atom stereocenters. The molecule has 0 saturated carbocycles. The molecule has 22 heavy (non-hydrogen) atoms. The molecular weight excluding hydrogens is 300 g/mol. The Kier molecular flexibility index (Phi) is 4.52. The van der Waals surface area contributed by atoms with Gasteiger partial charge in [0.25, 0.3) is 5.91 Å². The zero-order valence-electron chi connectivity index (χ0n) is 12.7. The molecule has 118 valence electrons. The molecular formula is C15H20N4O2S. The van der Waals surface area contributed by atoms with Gasteiger partial charge >= 0.3 is 0 Å². The van der Waals surface area contributed by atoms with Gasteiger partial charge in [0, 0.05) is 50.0 Å². The van der Waals surface area contributed by atoms with Crippen LogP contribution in [0.3, 0.4) is 0 Å². The van der Waals surface area contributed by atoms with Gasteiger partial charge in [0.1, 0.15) is 5.71 Å². The molecule has 1 aromatic heterocycles. The highest BCUT2D eigenvalue weighted by atomic mass is 32.1. The van der Waals surface area contributed by atoms with Crippen LogP contribution in [0.4, 0.5) is 0 Å². The Bertz CT molecular complexity index is 584. The van der Waals surface area contributed by atoms with E-state index in [1.807, 2.05) is 23.4 Å². The second-order valence-electron chi connectivity index (χ2n) is 5.62. The first-order chi connectivity index (χ1) is 10.7. The fourth-order valence-electron chi connectivity index (χ4n) is 2.98.